The number of esters is 1. The molecule has 5 atom stereocenters. The van der Waals surface area contributed by atoms with Crippen molar-refractivity contribution >= 4 is 74.3 Å². The summed E-state index contributed by atoms with van der Waals surface area (Å²) in [7, 11) is -2.96. The molecule has 1 fully saturated rings. The van der Waals surface area contributed by atoms with Crippen molar-refractivity contribution in [2.75, 3.05) is 13.7 Å². The van der Waals surface area contributed by atoms with E-state index in [1.807, 2.05) is 49.4 Å². The van der Waals surface area contributed by atoms with Gasteiger partial charge in [-0.3, -0.25) is 38.1 Å². The predicted molar refractivity (Wildman–Crippen MR) is 302 cm³/mol. The van der Waals surface area contributed by atoms with Gasteiger partial charge in [-0.1, -0.05) is 80.1 Å². The van der Waals surface area contributed by atoms with Gasteiger partial charge in [-0.2, -0.15) is 8.42 Å². The fourth-order valence-electron chi connectivity index (χ4n) is 9.34. The molecular formula is C59H76N6O14S. The third-order valence-electron chi connectivity index (χ3n) is 13.1. The Morgan fingerprint density at radius 3 is 2.04 bits per heavy atom. The maximum absolute atomic E-state index is 14.8. The van der Waals surface area contributed by atoms with Crippen molar-refractivity contribution in [1.29, 1.82) is 0 Å². The maximum atomic E-state index is 14.8. The van der Waals surface area contributed by atoms with E-state index in [4.69, 9.17) is 9.47 Å². The lowest BCUT2D eigenvalue weighted by atomic mass is 9.97. The van der Waals surface area contributed by atoms with Gasteiger partial charge in [0.25, 0.3) is 16.0 Å². The van der Waals surface area contributed by atoms with Gasteiger partial charge in [-0.05, 0) is 137 Å². The number of aliphatic carboxylic acids is 1. The van der Waals surface area contributed by atoms with Crippen LogP contribution in [-0.2, 0) is 67.0 Å². The van der Waals surface area contributed by atoms with Crippen molar-refractivity contribution in [3.8, 4) is 5.75 Å². The van der Waals surface area contributed by atoms with E-state index >= 15 is 0 Å². The minimum atomic E-state index is -4.36. The number of amides is 6. The molecule has 0 aromatic heterocycles. The van der Waals surface area contributed by atoms with Gasteiger partial charge in [0.1, 0.15) is 47.3 Å². The number of carboxylic acid groups (broad SMARTS) is 1. The van der Waals surface area contributed by atoms with E-state index in [2.05, 4.69) is 26.6 Å². The number of likely N-dealkylation sites (tertiary alicyclic amines) is 1. The SMILES string of the molecule is CCC[C@H](NC(=O)[C@H](Cc1ccc(CS(=O)(=O)O)cc1)NC(=O)c1cc(OC)cc(/C=C/C(=O)OC(C)(C)C)c1C)C(=O)N1CCC[C@H]1C(=O)N[C@@H](Cc1cccc2ccccc12)C(=O)N[C@@H](CCCC(=O)O)C(=O)NC(C)(C)C. The first kappa shape index (κ1) is 63.2. The molecular weight excluding hydrogens is 1050 g/mol. The molecule has 0 radical (unpaired) electrons. The van der Waals surface area contributed by atoms with Crippen LogP contribution in [0.25, 0.3) is 16.8 Å². The number of methoxy groups -OCH3 is 1. The number of carboxylic acids is 1. The number of carbonyl (C=O) groups is 8. The highest BCUT2D eigenvalue weighted by molar-refractivity contribution is 7.85. The molecule has 0 saturated carbocycles. The van der Waals surface area contributed by atoms with Crippen LogP contribution in [0.2, 0.25) is 0 Å². The zero-order valence-electron chi connectivity index (χ0n) is 47.0. The lowest BCUT2D eigenvalue weighted by Gasteiger charge is -2.31. The maximum Gasteiger partial charge on any atom is 0.331 e. The van der Waals surface area contributed by atoms with Crippen LogP contribution in [0.15, 0.2) is 84.9 Å². The lowest BCUT2D eigenvalue weighted by molar-refractivity contribution is -0.148. The number of hydrogen-bond acceptors (Lipinski definition) is 12. The average Bonchev–Trinajstić information content (AvgIpc) is 3.88. The van der Waals surface area contributed by atoms with Crippen LogP contribution < -0.4 is 31.3 Å². The van der Waals surface area contributed by atoms with Crippen LogP contribution in [0.1, 0.15) is 132 Å². The lowest BCUT2D eigenvalue weighted by Crippen LogP contribution is -2.59. The monoisotopic (exact) mass is 1120 g/mol. The van der Waals surface area contributed by atoms with E-state index in [1.54, 1.807) is 66.7 Å². The van der Waals surface area contributed by atoms with Crippen molar-refractivity contribution < 1.29 is 65.9 Å². The van der Waals surface area contributed by atoms with Crippen LogP contribution in [0, 0.1) is 6.92 Å². The molecule has 80 heavy (non-hydrogen) atoms. The number of nitrogens with one attached hydrogen (secondary N) is 5. The molecule has 1 aliphatic heterocycles. The van der Waals surface area contributed by atoms with Crippen molar-refractivity contribution in [2.24, 2.45) is 0 Å². The van der Waals surface area contributed by atoms with Gasteiger partial charge in [0.2, 0.25) is 29.5 Å². The molecule has 432 valence electrons. The van der Waals surface area contributed by atoms with E-state index in [-0.39, 0.29) is 68.4 Å². The summed E-state index contributed by atoms with van der Waals surface area (Å²) in [6, 6.07) is 16.1. The zero-order valence-corrected chi connectivity index (χ0v) is 47.8. The third-order valence-corrected chi connectivity index (χ3v) is 13.8. The van der Waals surface area contributed by atoms with E-state index in [9.17, 15) is 56.4 Å². The molecule has 1 saturated heterocycles. The summed E-state index contributed by atoms with van der Waals surface area (Å²) in [5, 5.41) is 25.2. The summed E-state index contributed by atoms with van der Waals surface area (Å²) in [5.41, 5.74) is 0.953. The Morgan fingerprint density at radius 1 is 0.775 bits per heavy atom. The number of fused-ring (bicyclic) bond motifs is 1. The van der Waals surface area contributed by atoms with Crippen LogP contribution >= 0.6 is 0 Å². The van der Waals surface area contributed by atoms with E-state index in [1.165, 1.54) is 42.4 Å². The molecule has 1 aliphatic rings. The molecule has 0 aliphatic carbocycles. The Morgan fingerprint density at radius 2 is 1.41 bits per heavy atom. The van der Waals surface area contributed by atoms with Gasteiger partial charge >= 0.3 is 11.9 Å². The molecule has 0 unspecified atom stereocenters. The molecule has 7 N–H and O–H groups in total. The summed E-state index contributed by atoms with van der Waals surface area (Å²) in [5.74, 6) is -6.05. The van der Waals surface area contributed by atoms with Crippen molar-refractivity contribution in [2.45, 2.75) is 160 Å². The molecule has 0 spiro atoms. The normalized spacial score (nSPS) is 15.3. The molecule has 5 rings (SSSR count). The van der Waals surface area contributed by atoms with Crippen LogP contribution in [0.4, 0.5) is 0 Å². The highest BCUT2D eigenvalue weighted by Gasteiger charge is 2.40. The fraction of sp³-hybridized carbons (Fsp3) is 0.458. The molecule has 6 amide bonds. The Labute approximate surface area is 467 Å². The Kier molecular flexibility index (Phi) is 22.1. The number of ether oxygens (including phenoxy) is 2. The van der Waals surface area contributed by atoms with Crippen LogP contribution in [0.5, 0.6) is 5.75 Å². The minimum Gasteiger partial charge on any atom is -0.497 e. The van der Waals surface area contributed by atoms with E-state index in [0.29, 0.717) is 35.1 Å². The Balaban J connectivity index is 1.44. The second-order valence-corrected chi connectivity index (χ2v) is 23.5. The quantitative estimate of drug-likeness (QED) is 0.0231. The number of hydrogen-bond donors (Lipinski definition) is 7. The number of rotatable bonds is 25. The number of benzene rings is 4. The summed E-state index contributed by atoms with van der Waals surface area (Å²) < 4.78 is 43.6. The second-order valence-electron chi connectivity index (χ2n) is 22.1. The molecule has 4 aromatic carbocycles. The largest absolute Gasteiger partial charge is 0.497 e. The van der Waals surface area contributed by atoms with Gasteiger partial charge in [0, 0.05) is 43.0 Å². The molecule has 21 heteroatoms. The Hall–Kier alpha value is -7.65. The molecule has 0 bridgehead atoms. The van der Waals surface area contributed by atoms with Gasteiger partial charge in [0.15, 0.2) is 0 Å². The highest BCUT2D eigenvalue weighted by atomic mass is 32.2. The van der Waals surface area contributed by atoms with Gasteiger partial charge in [0.05, 0.1) is 7.11 Å². The summed E-state index contributed by atoms with van der Waals surface area (Å²) in [6.45, 7) is 14.1. The molecule has 1 heterocycles. The zero-order chi connectivity index (χ0) is 59.1. The topological polar surface area (TPSA) is 293 Å². The summed E-state index contributed by atoms with van der Waals surface area (Å²) >= 11 is 0. The summed E-state index contributed by atoms with van der Waals surface area (Å²) in [4.78, 5) is 112. The molecule has 4 aromatic rings. The predicted octanol–water partition coefficient (Wildman–Crippen LogP) is 5.90. The van der Waals surface area contributed by atoms with Crippen LogP contribution in [0.3, 0.4) is 0 Å². The second kappa shape index (κ2) is 28.0. The number of nitrogens with zero attached hydrogens (tertiary/aromatic N) is 1. The third kappa shape index (κ3) is 19.3. The highest BCUT2D eigenvalue weighted by Crippen LogP contribution is 2.26. The van der Waals surface area contributed by atoms with E-state index in [0.717, 1.165) is 10.8 Å². The first-order chi connectivity index (χ1) is 37.5. The molecule has 20 nitrogen and oxygen atoms in total. The Bertz CT molecular complexity index is 3050. The van der Waals surface area contributed by atoms with Gasteiger partial charge in [-0.25, -0.2) is 4.79 Å². The van der Waals surface area contributed by atoms with Crippen molar-refractivity contribution in [1.82, 2.24) is 31.5 Å². The van der Waals surface area contributed by atoms with Crippen molar-refractivity contribution in [3.05, 3.63) is 118 Å². The van der Waals surface area contributed by atoms with Gasteiger partial charge < -0.3 is 46.1 Å². The van der Waals surface area contributed by atoms with Crippen LogP contribution in [-0.4, -0.2) is 125 Å². The van der Waals surface area contributed by atoms with Gasteiger partial charge in [-0.15, -0.1) is 0 Å². The van der Waals surface area contributed by atoms with E-state index < -0.39 is 105 Å². The summed E-state index contributed by atoms with van der Waals surface area (Å²) in [6.07, 6.45) is 3.48. The average molecular weight is 1130 g/mol. The first-order valence-corrected chi connectivity index (χ1v) is 28.3. The standard InChI is InChI=1S/C59H76N6O14S/c1-10-16-46(61-53(70)47(31-37-24-26-38(27-25-37)35-80(75,76)77)62-52(69)44-34-42(78-9)32-40(36(44)2)28-29-51(68)79-59(6,7)8)57(74)65-30-15-22-49(65)56(73)63-48(33-41-19-13-18-39-17-11-12-20-43(39)41)54(71)60-45(21-14-23-50(66)67)55(72)64-58(3,4)5/h11-13,17-20,24-29,32,34,45-49H,10,14-16,21-23,30-31,33,35H2,1-9H3,(H,60,71)(H,61,70)(H,62,69)(H,63,73)(H,64,72)(H,66,67)(H,75,76,77)/b29-28+/t45-,46-,47-,48-,49-/m0/s1. The first-order valence-electron chi connectivity index (χ1n) is 26.7. The fourth-order valence-corrected chi connectivity index (χ4v) is 9.95. The van der Waals surface area contributed by atoms with Crippen molar-refractivity contribution in [3.63, 3.8) is 0 Å². The smallest absolute Gasteiger partial charge is 0.331 e. The number of carbonyl (C=O) groups excluding carboxylic acids is 7. The minimum absolute atomic E-state index is 0.00521.